The van der Waals surface area contributed by atoms with Crippen molar-refractivity contribution in [1.82, 2.24) is 19.6 Å². The Morgan fingerprint density at radius 1 is 1.11 bits per heavy atom. The van der Waals surface area contributed by atoms with Crippen molar-refractivity contribution >= 4 is 23.0 Å². The summed E-state index contributed by atoms with van der Waals surface area (Å²) in [5.74, 6) is -0.465. The van der Waals surface area contributed by atoms with Gasteiger partial charge in [-0.05, 0) is 47.9 Å². The molecule has 134 valence electrons. The Morgan fingerprint density at radius 2 is 1.96 bits per heavy atom. The monoisotopic (exact) mass is 380 g/mol. The molecule has 0 saturated heterocycles. The minimum Gasteiger partial charge on any atom is -0.294 e. The van der Waals surface area contributed by atoms with Crippen molar-refractivity contribution in [2.45, 2.75) is 12.8 Å². The van der Waals surface area contributed by atoms with E-state index in [0.29, 0.717) is 23.3 Å². The highest BCUT2D eigenvalue weighted by atomic mass is 35.5. The summed E-state index contributed by atoms with van der Waals surface area (Å²) in [4.78, 5) is 16.9. The van der Waals surface area contributed by atoms with E-state index in [1.54, 1.807) is 47.4 Å². The van der Waals surface area contributed by atoms with Crippen LogP contribution in [0.1, 0.15) is 27.2 Å². The van der Waals surface area contributed by atoms with Crippen LogP contribution >= 0.6 is 11.6 Å². The first kappa shape index (κ1) is 17.3. The number of hydrogen-bond acceptors (Lipinski definition) is 4. The largest absolute Gasteiger partial charge is 0.294 e. The first-order valence-corrected chi connectivity index (χ1v) is 8.66. The fraction of sp³-hybridized carbons (Fsp3) is 0.100. The van der Waals surface area contributed by atoms with Crippen LogP contribution in [0.4, 0.5) is 4.39 Å². The van der Waals surface area contributed by atoms with Gasteiger partial charge in [0.2, 0.25) is 0 Å². The highest BCUT2D eigenvalue weighted by Gasteiger charge is 2.10. The van der Waals surface area contributed by atoms with Gasteiger partial charge in [-0.3, -0.25) is 14.2 Å². The van der Waals surface area contributed by atoms with Gasteiger partial charge in [0.05, 0.1) is 11.4 Å². The number of carbonyl (C=O) groups excluding carboxylic acids is 1. The maximum atomic E-state index is 13.2. The van der Waals surface area contributed by atoms with Crippen molar-refractivity contribution < 1.29 is 9.18 Å². The minimum atomic E-state index is -0.433. The summed E-state index contributed by atoms with van der Waals surface area (Å²) in [7, 11) is 0. The maximum Gasteiger partial charge on any atom is 0.170 e. The van der Waals surface area contributed by atoms with Gasteiger partial charge in [0.25, 0.3) is 0 Å². The van der Waals surface area contributed by atoms with Crippen molar-refractivity contribution in [1.29, 1.82) is 0 Å². The molecule has 0 saturated carbocycles. The molecular weight excluding hydrogens is 367 g/mol. The van der Waals surface area contributed by atoms with Crippen LogP contribution in [0.5, 0.6) is 0 Å². The number of benzene rings is 1. The van der Waals surface area contributed by atoms with E-state index in [-0.39, 0.29) is 17.2 Å². The third kappa shape index (κ3) is 3.85. The van der Waals surface area contributed by atoms with E-state index >= 15 is 0 Å². The number of aromatic nitrogens is 4. The molecule has 0 atom stereocenters. The molecule has 0 N–H and O–H groups in total. The topological polar surface area (TPSA) is 60.2 Å². The van der Waals surface area contributed by atoms with Crippen LogP contribution in [-0.2, 0) is 12.8 Å². The number of halogens is 2. The molecule has 0 bridgehead atoms. The zero-order chi connectivity index (χ0) is 18.8. The number of carbonyl (C=O) groups is 1. The number of pyridine rings is 2. The van der Waals surface area contributed by atoms with Crippen molar-refractivity contribution in [2.24, 2.45) is 0 Å². The average molecular weight is 381 g/mol. The molecule has 0 amide bonds. The van der Waals surface area contributed by atoms with Crippen LogP contribution < -0.4 is 0 Å². The van der Waals surface area contributed by atoms with Crippen LogP contribution in [0.2, 0.25) is 5.02 Å². The Kier molecular flexibility index (Phi) is 4.64. The molecule has 4 rings (SSSR count). The lowest BCUT2D eigenvalue weighted by Gasteiger charge is -2.05. The van der Waals surface area contributed by atoms with Gasteiger partial charge in [0, 0.05) is 23.7 Å². The summed E-state index contributed by atoms with van der Waals surface area (Å²) >= 11 is 5.81. The zero-order valence-electron chi connectivity index (χ0n) is 14.1. The summed E-state index contributed by atoms with van der Waals surface area (Å²) in [5, 5.41) is 7.82. The number of nitrogens with zero attached hydrogens (tertiary/aromatic N) is 4. The molecular formula is C20H14ClFN4O. The lowest BCUT2D eigenvalue weighted by molar-refractivity contribution is 0.0991. The summed E-state index contributed by atoms with van der Waals surface area (Å²) in [6, 6.07) is 11.9. The summed E-state index contributed by atoms with van der Waals surface area (Å²) in [6.07, 6.45) is 5.79. The Labute approximate surface area is 159 Å². The molecule has 0 spiro atoms. The molecule has 3 heterocycles. The van der Waals surface area contributed by atoms with Crippen molar-refractivity contribution in [2.75, 3.05) is 0 Å². The van der Waals surface area contributed by atoms with Crippen LogP contribution in [-0.4, -0.2) is 25.4 Å². The Morgan fingerprint density at radius 3 is 2.74 bits per heavy atom. The number of hydrogen-bond donors (Lipinski definition) is 0. The van der Waals surface area contributed by atoms with Crippen LogP contribution in [0.3, 0.4) is 0 Å². The van der Waals surface area contributed by atoms with Gasteiger partial charge >= 0.3 is 0 Å². The summed E-state index contributed by atoms with van der Waals surface area (Å²) < 4.78 is 14.9. The summed E-state index contributed by atoms with van der Waals surface area (Å²) in [5.41, 5.74) is 3.81. The Bertz CT molecular complexity index is 1120. The highest BCUT2D eigenvalue weighted by Crippen LogP contribution is 2.18. The third-order valence-electron chi connectivity index (χ3n) is 4.23. The molecule has 5 nitrogen and oxygen atoms in total. The van der Waals surface area contributed by atoms with Crippen molar-refractivity contribution in [3.05, 3.63) is 94.4 Å². The predicted molar refractivity (Wildman–Crippen MR) is 99.5 cm³/mol. The van der Waals surface area contributed by atoms with Crippen LogP contribution in [0.15, 0.2) is 61.2 Å². The SMILES string of the molecule is O=C(Cc1ccc(Cc2ccc(F)c(Cl)c2)cn1)c1ccc2nncn2c1. The normalized spacial score (nSPS) is 11.0. The smallest absolute Gasteiger partial charge is 0.170 e. The van der Waals surface area contributed by atoms with Gasteiger partial charge in [-0.2, -0.15) is 0 Å². The second-order valence-electron chi connectivity index (χ2n) is 6.20. The van der Waals surface area contributed by atoms with E-state index in [2.05, 4.69) is 15.2 Å². The second-order valence-corrected chi connectivity index (χ2v) is 6.60. The van der Waals surface area contributed by atoms with Gasteiger partial charge in [-0.25, -0.2) is 4.39 Å². The fourth-order valence-electron chi connectivity index (χ4n) is 2.81. The molecule has 1 aromatic carbocycles. The van der Waals surface area contributed by atoms with Gasteiger partial charge in [0.1, 0.15) is 12.1 Å². The van der Waals surface area contributed by atoms with Crippen LogP contribution in [0.25, 0.3) is 5.65 Å². The number of fused-ring (bicyclic) bond motifs is 1. The molecule has 7 heteroatoms. The minimum absolute atomic E-state index is 0.0313. The van der Waals surface area contributed by atoms with Gasteiger partial charge in [-0.15, -0.1) is 10.2 Å². The average Bonchev–Trinajstić information content (AvgIpc) is 3.14. The van der Waals surface area contributed by atoms with E-state index in [0.717, 1.165) is 11.1 Å². The molecule has 0 unspecified atom stereocenters. The fourth-order valence-corrected chi connectivity index (χ4v) is 3.01. The van der Waals surface area contributed by atoms with Crippen molar-refractivity contribution in [3.8, 4) is 0 Å². The van der Waals surface area contributed by atoms with Crippen LogP contribution in [0, 0.1) is 5.82 Å². The Hall–Kier alpha value is -3.12. The molecule has 0 aliphatic heterocycles. The highest BCUT2D eigenvalue weighted by molar-refractivity contribution is 6.30. The number of Topliss-reactive ketones (excluding diaryl/α,β-unsaturated/α-hetero) is 1. The van der Waals surface area contributed by atoms with Gasteiger partial charge in [-0.1, -0.05) is 23.7 Å². The summed E-state index contributed by atoms with van der Waals surface area (Å²) in [6.45, 7) is 0. The molecule has 0 aliphatic carbocycles. The van der Waals surface area contributed by atoms with E-state index < -0.39 is 5.82 Å². The Balaban J connectivity index is 1.45. The van der Waals surface area contributed by atoms with E-state index in [1.165, 1.54) is 6.07 Å². The first-order valence-electron chi connectivity index (χ1n) is 8.29. The van der Waals surface area contributed by atoms with E-state index in [9.17, 15) is 9.18 Å². The quantitative estimate of drug-likeness (QED) is 0.492. The second kappa shape index (κ2) is 7.25. The van der Waals surface area contributed by atoms with Gasteiger partial charge in [0.15, 0.2) is 11.4 Å². The molecule has 0 fully saturated rings. The lowest BCUT2D eigenvalue weighted by Crippen LogP contribution is -2.06. The zero-order valence-corrected chi connectivity index (χ0v) is 14.9. The van der Waals surface area contributed by atoms with E-state index in [4.69, 9.17) is 11.6 Å². The number of rotatable bonds is 5. The molecule has 27 heavy (non-hydrogen) atoms. The lowest BCUT2D eigenvalue weighted by atomic mass is 10.0. The molecule has 4 aromatic rings. The third-order valence-corrected chi connectivity index (χ3v) is 4.52. The first-order chi connectivity index (χ1) is 13.1. The number of ketones is 1. The van der Waals surface area contributed by atoms with Crippen molar-refractivity contribution in [3.63, 3.8) is 0 Å². The maximum absolute atomic E-state index is 13.2. The molecule has 3 aromatic heterocycles. The van der Waals surface area contributed by atoms with Gasteiger partial charge < -0.3 is 0 Å². The predicted octanol–water partition coefficient (Wildman–Crippen LogP) is 3.93. The molecule has 0 aliphatic rings. The molecule has 0 radical (unpaired) electrons. The standard InChI is InChI=1S/C20H14ClFN4O/c21-17-8-13(2-5-18(17)22)7-14-1-4-16(23-10-14)9-19(27)15-3-6-20-25-24-12-26(20)11-15/h1-6,8,10-12H,7,9H2. The van der Waals surface area contributed by atoms with E-state index in [1.807, 2.05) is 12.1 Å².